The van der Waals surface area contributed by atoms with Crippen LogP contribution in [-0.2, 0) is 0 Å². The molecule has 102 valence electrons. The summed E-state index contributed by atoms with van der Waals surface area (Å²) in [7, 11) is 0. The molecule has 0 radical (unpaired) electrons. The number of amides is 1. The molecule has 2 rings (SSSR count). The van der Waals surface area contributed by atoms with Crippen LogP contribution in [0.4, 0.5) is 10.1 Å². The monoisotopic (exact) mass is 343 g/mol. The van der Waals surface area contributed by atoms with Gasteiger partial charge in [-0.15, -0.1) is 0 Å². The normalized spacial score (nSPS) is 9.52. The Bertz CT molecular complexity index is 806. The minimum atomic E-state index is -0.541. The molecule has 0 aliphatic rings. The van der Waals surface area contributed by atoms with Crippen LogP contribution in [0, 0.1) is 28.5 Å². The van der Waals surface area contributed by atoms with Crippen molar-refractivity contribution in [3.63, 3.8) is 0 Å². The Kier molecular flexibility index (Phi) is 4.32. The number of nitriles is 2. The van der Waals surface area contributed by atoms with Crippen molar-refractivity contribution in [1.29, 1.82) is 10.5 Å². The number of nitrogens with zero attached hydrogens (tertiary/aromatic N) is 2. The Morgan fingerprint density at radius 1 is 1.14 bits per heavy atom. The molecular formula is C15H7BrFN3O. The summed E-state index contributed by atoms with van der Waals surface area (Å²) in [5.41, 5.74) is 0.876. The molecule has 2 aromatic carbocycles. The van der Waals surface area contributed by atoms with Crippen molar-refractivity contribution in [2.24, 2.45) is 0 Å². The number of hydrogen-bond acceptors (Lipinski definition) is 3. The Balaban J connectivity index is 2.31. The molecule has 0 aliphatic heterocycles. The van der Waals surface area contributed by atoms with E-state index in [4.69, 9.17) is 10.5 Å². The van der Waals surface area contributed by atoms with Crippen molar-refractivity contribution in [3.05, 3.63) is 63.4 Å². The van der Waals surface area contributed by atoms with E-state index in [0.29, 0.717) is 5.69 Å². The molecule has 0 bridgehead atoms. The SMILES string of the molecule is N#Cc1ccc(NC(=O)c2cccc(F)c2Br)cc1C#N. The van der Waals surface area contributed by atoms with Crippen LogP contribution in [0.5, 0.6) is 0 Å². The molecule has 0 aliphatic carbocycles. The van der Waals surface area contributed by atoms with Crippen LogP contribution in [-0.4, -0.2) is 5.91 Å². The van der Waals surface area contributed by atoms with Crippen molar-refractivity contribution in [3.8, 4) is 12.1 Å². The van der Waals surface area contributed by atoms with Gasteiger partial charge in [0, 0.05) is 5.69 Å². The first-order valence-electron chi connectivity index (χ1n) is 5.76. The Labute approximate surface area is 128 Å². The number of carbonyl (C=O) groups excluding carboxylic acids is 1. The maximum absolute atomic E-state index is 13.4. The van der Waals surface area contributed by atoms with Crippen molar-refractivity contribution in [2.45, 2.75) is 0 Å². The highest BCUT2D eigenvalue weighted by molar-refractivity contribution is 9.10. The Hall–Kier alpha value is -2.70. The first kappa shape index (κ1) is 14.7. The topological polar surface area (TPSA) is 76.7 Å². The van der Waals surface area contributed by atoms with E-state index in [-0.39, 0.29) is 21.2 Å². The molecule has 0 spiro atoms. The van der Waals surface area contributed by atoms with Gasteiger partial charge in [0.05, 0.1) is 21.2 Å². The molecule has 4 nitrogen and oxygen atoms in total. The van der Waals surface area contributed by atoms with E-state index in [0.717, 1.165) is 0 Å². The van der Waals surface area contributed by atoms with Crippen LogP contribution in [0.1, 0.15) is 21.5 Å². The first-order chi connectivity index (χ1) is 10.1. The van der Waals surface area contributed by atoms with Gasteiger partial charge in [0.2, 0.25) is 0 Å². The van der Waals surface area contributed by atoms with Gasteiger partial charge in [-0.1, -0.05) is 6.07 Å². The predicted octanol–water partition coefficient (Wildman–Crippen LogP) is 3.58. The molecule has 1 amide bonds. The lowest BCUT2D eigenvalue weighted by Gasteiger charge is -2.08. The second kappa shape index (κ2) is 6.17. The van der Waals surface area contributed by atoms with E-state index in [2.05, 4.69) is 21.2 Å². The van der Waals surface area contributed by atoms with Gasteiger partial charge in [0.25, 0.3) is 5.91 Å². The van der Waals surface area contributed by atoms with Crippen molar-refractivity contribution >= 4 is 27.5 Å². The minimum Gasteiger partial charge on any atom is -0.322 e. The number of anilines is 1. The second-order valence-electron chi connectivity index (χ2n) is 4.04. The third-order valence-electron chi connectivity index (χ3n) is 2.71. The summed E-state index contributed by atoms with van der Waals surface area (Å²) >= 11 is 3.01. The van der Waals surface area contributed by atoms with E-state index in [1.54, 1.807) is 0 Å². The van der Waals surface area contributed by atoms with Gasteiger partial charge in [0.15, 0.2) is 0 Å². The number of benzene rings is 2. The van der Waals surface area contributed by atoms with Gasteiger partial charge < -0.3 is 5.32 Å². The van der Waals surface area contributed by atoms with E-state index in [1.165, 1.54) is 36.4 Å². The molecule has 6 heteroatoms. The number of nitrogens with one attached hydrogen (secondary N) is 1. The average Bonchev–Trinajstić information content (AvgIpc) is 2.49. The zero-order valence-electron chi connectivity index (χ0n) is 10.5. The van der Waals surface area contributed by atoms with Crippen LogP contribution in [0.2, 0.25) is 0 Å². The number of hydrogen-bond donors (Lipinski definition) is 1. The fourth-order valence-electron chi connectivity index (χ4n) is 1.69. The summed E-state index contributed by atoms with van der Waals surface area (Å²) < 4.78 is 13.5. The lowest BCUT2D eigenvalue weighted by Crippen LogP contribution is -2.13. The maximum atomic E-state index is 13.4. The van der Waals surface area contributed by atoms with Gasteiger partial charge in [0.1, 0.15) is 18.0 Å². The summed E-state index contributed by atoms with van der Waals surface area (Å²) in [6.45, 7) is 0. The molecule has 0 heterocycles. The molecule has 1 N–H and O–H groups in total. The summed E-state index contributed by atoms with van der Waals surface area (Å²) in [6.07, 6.45) is 0. The fourth-order valence-corrected chi connectivity index (χ4v) is 2.13. The molecule has 0 saturated heterocycles. The molecular weight excluding hydrogens is 337 g/mol. The molecule has 0 atom stereocenters. The lowest BCUT2D eigenvalue weighted by atomic mass is 10.1. The van der Waals surface area contributed by atoms with Gasteiger partial charge in [-0.25, -0.2) is 4.39 Å². The van der Waals surface area contributed by atoms with Crippen molar-refractivity contribution < 1.29 is 9.18 Å². The summed E-state index contributed by atoms with van der Waals surface area (Å²) in [5, 5.41) is 20.3. The molecule has 0 fully saturated rings. The van der Waals surface area contributed by atoms with Crippen LogP contribution < -0.4 is 5.32 Å². The number of carbonyl (C=O) groups is 1. The van der Waals surface area contributed by atoms with E-state index in [1.807, 2.05) is 12.1 Å². The zero-order chi connectivity index (χ0) is 15.4. The van der Waals surface area contributed by atoms with Crippen molar-refractivity contribution in [2.75, 3.05) is 5.32 Å². The summed E-state index contributed by atoms with van der Waals surface area (Å²) in [5.74, 6) is -1.06. The summed E-state index contributed by atoms with van der Waals surface area (Å²) in [6, 6.07) is 12.2. The van der Waals surface area contributed by atoms with Crippen LogP contribution in [0.25, 0.3) is 0 Å². The third kappa shape index (κ3) is 3.07. The molecule has 2 aromatic rings. The van der Waals surface area contributed by atoms with Gasteiger partial charge >= 0.3 is 0 Å². The number of halogens is 2. The average molecular weight is 344 g/mol. The Morgan fingerprint density at radius 3 is 2.52 bits per heavy atom. The number of rotatable bonds is 2. The molecule has 21 heavy (non-hydrogen) atoms. The van der Waals surface area contributed by atoms with Crippen LogP contribution >= 0.6 is 15.9 Å². The van der Waals surface area contributed by atoms with E-state index >= 15 is 0 Å². The van der Waals surface area contributed by atoms with Crippen LogP contribution in [0.3, 0.4) is 0 Å². The predicted molar refractivity (Wildman–Crippen MR) is 77.9 cm³/mol. The van der Waals surface area contributed by atoms with Crippen molar-refractivity contribution in [1.82, 2.24) is 0 Å². The Morgan fingerprint density at radius 2 is 1.86 bits per heavy atom. The second-order valence-corrected chi connectivity index (χ2v) is 4.83. The third-order valence-corrected chi connectivity index (χ3v) is 3.52. The highest BCUT2D eigenvalue weighted by atomic mass is 79.9. The molecule has 0 saturated carbocycles. The van der Waals surface area contributed by atoms with Crippen LogP contribution in [0.15, 0.2) is 40.9 Å². The van der Waals surface area contributed by atoms with E-state index in [9.17, 15) is 9.18 Å². The zero-order valence-corrected chi connectivity index (χ0v) is 12.1. The quantitative estimate of drug-likeness (QED) is 0.905. The standard InChI is InChI=1S/C15H7BrFN3O/c16-14-12(2-1-3-13(14)17)15(21)20-11-5-4-9(7-18)10(6-11)8-19/h1-6H,(H,20,21). The smallest absolute Gasteiger partial charge is 0.256 e. The largest absolute Gasteiger partial charge is 0.322 e. The lowest BCUT2D eigenvalue weighted by molar-refractivity contribution is 0.102. The minimum absolute atomic E-state index is 0.0663. The maximum Gasteiger partial charge on any atom is 0.256 e. The van der Waals surface area contributed by atoms with Gasteiger partial charge in [-0.05, 0) is 46.3 Å². The van der Waals surface area contributed by atoms with Gasteiger partial charge in [-0.3, -0.25) is 4.79 Å². The molecule has 0 aromatic heterocycles. The highest BCUT2D eigenvalue weighted by Gasteiger charge is 2.14. The molecule has 0 unspecified atom stereocenters. The first-order valence-corrected chi connectivity index (χ1v) is 6.55. The fraction of sp³-hybridized carbons (Fsp3) is 0. The van der Waals surface area contributed by atoms with E-state index < -0.39 is 11.7 Å². The summed E-state index contributed by atoms with van der Waals surface area (Å²) in [4.78, 5) is 12.1. The van der Waals surface area contributed by atoms with Gasteiger partial charge in [-0.2, -0.15) is 10.5 Å². The highest BCUT2D eigenvalue weighted by Crippen LogP contribution is 2.22.